The maximum Gasteiger partial charge on any atom is 0.475 e. The number of anilines is 1. The number of aromatic nitrogens is 2. The Hall–Kier alpha value is -1.94. The van der Waals surface area contributed by atoms with Crippen molar-refractivity contribution in [3.8, 4) is 0 Å². The third-order valence-corrected chi connectivity index (χ3v) is 8.11. The third kappa shape index (κ3) is 9.30. The average Bonchev–Trinajstić information content (AvgIpc) is 3.25. The van der Waals surface area contributed by atoms with E-state index in [1.54, 1.807) is 0 Å². The van der Waals surface area contributed by atoms with Crippen molar-refractivity contribution >= 4 is 19.9 Å². The van der Waals surface area contributed by atoms with Crippen molar-refractivity contribution in [3.63, 3.8) is 0 Å². The van der Waals surface area contributed by atoms with Crippen LogP contribution in [0.2, 0.25) is 0 Å². The molecule has 1 aromatic heterocycles. The number of phosphoric acid groups is 1. The van der Waals surface area contributed by atoms with Crippen LogP contribution >= 0.6 is 7.82 Å². The molecule has 8 N–H and O–H groups in total. The molecule has 2 aliphatic rings. The van der Waals surface area contributed by atoms with Crippen LogP contribution in [0.1, 0.15) is 19.6 Å². The summed E-state index contributed by atoms with van der Waals surface area (Å²) in [5, 5.41) is 52.5. The molecule has 20 heteroatoms. The smallest absolute Gasteiger partial charge is 0.393 e. The van der Waals surface area contributed by atoms with Crippen LogP contribution in [0, 0.1) is 5.92 Å². The standard InChI is InChI=1S/C24H40N3O16P/c1-13-14(29)9-24(12-28,42-21(13)18(31)15(30)10-39-8-7-38-6-5-37-2)43-44(35,36)40-11-16-19(32)20(33)22(41-16)27-4-3-17(25)26-23(27)34/h3-4,12-16,18-22,29-33H,5-11H2,1-2H3,(H,35,36)(H2,25,26,34)/t13-,14-,15-,16?,18-,19-,20-,21?,22?,24-/m1/s1. The normalized spacial score (nSPS) is 33.5. The van der Waals surface area contributed by atoms with Crippen molar-refractivity contribution in [2.75, 3.05) is 52.5 Å². The molecular formula is C24H40N3O16P. The predicted molar refractivity (Wildman–Crippen MR) is 145 cm³/mol. The van der Waals surface area contributed by atoms with Gasteiger partial charge in [0.15, 0.2) is 12.5 Å². The number of nitrogens with two attached hydrogens (primary N) is 1. The molecular weight excluding hydrogens is 617 g/mol. The number of nitrogens with zero attached hydrogens (tertiary/aromatic N) is 2. The Balaban J connectivity index is 1.60. The zero-order valence-electron chi connectivity index (χ0n) is 24.1. The van der Waals surface area contributed by atoms with Gasteiger partial charge >= 0.3 is 13.5 Å². The number of carbonyl (C=O) groups is 1. The van der Waals surface area contributed by atoms with Gasteiger partial charge in [-0.15, -0.1) is 0 Å². The SMILES string of the molecule is COCCOCCOC[C@@H](O)[C@@H](O)C1O[C@@](C=O)(OP(=O)(O)OCC2OC(n3ccc(N)nc3=O)[C@H](O)[C@@H]2O)C[C@@H](O)[C@H]1C. The van der Waals surface area contributed by atoms with Gasteiger partial charge in [0.2, 0.25) is 5.79 Å². The average molecular weight is 658 g/mol. The summed E-state index contributed by atoms with van der Waals surface area (Å²) in [5.41, 5.74) is 4.55. The van der Waals surface area contributed by atoms with E-state index in [-0.39, 0.29) is 31.9 Å². The fraction of sp³-hybridized carbons (Fsp3) is 0.792. The zero-order valence-corrected chi connectivity index (χ0v) is 25.0. The van der Waals surface area contributed by atoms with E-state index in [1.165, 1.54) is 26.3 Å². The molecule has 44 heavy (non-hydrogen) atoms. The Bertz CT molecular complexity index is 1180. The van der Waals surface area contributed by atoms with E-state index in [4.69, 9.17) is 38.5 Å². The van der Waals surface area contributed by atoms with E-state index in [0.29, 0.717) is 13.2 Å². The highest BCUT2D eigenvalue weighted by Gasteiger charge is 2.53. The second kappa shape index (κ2) is 16.1. The summed E-state index contributed by atoms with van der Waals surface area (Å²) < 4.78 is 50.0. The van der Waals surface area contributed by atoms with E-state index in [9.17, 15) is 44.6 Å². The summed E-state index contributed by atoms with van der Waals surface area (Å²) in [7, 11) is -3.72. The molecule has 0 saturated carbocycles. The number of hydrogen-bond acceptors (Lipinski definition) is 17. The van der Waals surface area contributed by atoms with Gasteiger partial charge in [-0.25, -0.2) is 13.9 Å². The molecule has 0 aromatic carbocycles. The number of aliphatic hydroxyl groups is 5. The van der Waals surface area contributed by atoms with Crippen molar-refractivity contribution < 1.29 is 72.5 Å². The van der Waals surface area contributed by atoms with Crippen LogP contribution < -0.4 is 11.4 Å². The molecule has 3 heterocycles. The van der Waals surface area contributed by atoms with E-state index >= 15 is 0 Å². The van der Waals surface area contributed by atoms with Crippen LogP contribution in [-0.2, 0) is 42.1 Å². The van der Waals surface area contributed by atoms with Gasteiger partial charge in [0.1, 0.15) is 36.3 Å². The Morgan fingerprint density at radius 3 is 2.55 bits per heavy atom. The number of hydrogen-bond donors (Lipinski definition) is 7. The minimum absolute atomic E-state index is 0.00445. The molecule has 0 radical (unpaired) electrons. The van der Waals surface area contributed by atoms with Gasteiger partial charge in [0, 0.05) is 25.6 Å². The number of ether oxygens (including phenoxy) is 5. The minimum atomic E-state index is -5.24. The van der Waals surface area contributed by atoms with Crippen molar-refractivity contribution in [1.82, 2.24) is 9.55 Å². The van der Waals surface area contributed by atoms with Crippen LogP contribution in [0.4, 0.5) is 5.82 Å². The third-order valence-electron chi connectivity index (χ3n) is 7.09. The van der Waals surface area contributed by atoms with Gasteiger partial charge in [-0.05, 0) is 6.07 Å². The molecule has 0 amide bonds. The first-order chi connectivity index (χ1) is 20.7. The highest BCUT2D eigenvalue weighted by atomic mass is 31.2. The van der Waals surface area contributed by atoms with E-state index in [1.807, 2.05) is 0 Å². The largest absolute Gasteiger partial charge is 0.475 e. The molecule has 0 spiro atoms. The van der Waals surface area contributed by atoms with Crippen LogP contribution in [0.5, 0.6) is 0 Å². The van der Waals surface area contributed by atoms with Crippen molar-refractivity contribution in [1.29, 1.82) is 0 Å². The summed E-state index contributed by atoms with van der Waals surface area (Å²) in [6.45, 7) is 1.21. The molecule has 19 nitrogen and oxygen atoms in total. The van der Waals surface area contributed by atoms with E-state index < -0.39 is 87.2 Å². The molecule has 2 saturated heterocycles. The van der Waals surface area contributed by atoms with E-state index in [2.05, 4.69) is 4.98 Å². The van der Waals surface area contributed by atoms with Gasteiger partial charge < -0.3 is 59.8 Å². The number of phosphoric ester groups is 1. The summed E-state index contributed by atoms with van der Waals surface area (Å²) in [6.07, 6.45) is -11.9. The van der Waals surface area contributed by atoms with Crippen LogP contribution in [0.25, 0.3) is 0 Å². The van der Waals surface area contributed by atoms with Crippen molar-refractivity contribution in [2.24, 2.45) is 5.92 Å². The lowest BCUT2D eigenvalue weighted by atomic mass is 9.85. The van der Waals surface area contributed by atoms with Crippen LogP contribution in [0.3, 0.4) is 0 Å². The Kier molecular flexibility index (Phi) is 13.3. The number of aliphatic hydroxyl groups excluding tert-OH is 5. The van der Waals surface area contributed by atoms with E-state index in [0.717, 1.165) is 4.57 Å². The monoisotopic (exact) mass is 657 g/mol. The minimum Gasteiger partial charge on any atom is -0.393 e. The number of methoxy groups -OCH3 is 1. The summed E-state index contributed by atoms with van der Waals surface area (Å²) in [4.78, 5) is 38.1. The molecule has 252 valence electrons. The molecule has 4 unspecified atom stereocenters. The van der Waals surface area contributed by atoms with Gasteiger partial charge in [-0.2, -0.15) is 4.98 Å². The maximum absolute atomic E-state index is 12.9. The molecule has 2 fully saturated rings. The number of aldehydes is 1. The Morgan fingerprint density at radius 2 is 1.89 bits per heavy atom. The van der Waals surface area contributed by atoms with Gasteiger partial charge in [-0.1, -0.05) is 6.92 Å². The highest BCUT2D eigenvalue weighted by molar-refractivity contribution is 7.47. The lowest BCUT2D eigenvalue weighted by molar-refractivity contribution is -0.282. The molecule has 2 aliphatic heterocycles. The lowest BCUT2D eigenvalue weighted by Crippen LogP contribution is -2.58. The van der Waals surface area contributed by atoms with Crippen LogP contribution in [-0.4, -0.2) is 142 Å². The second-order valence-corrected chi connectivity index (χ2v) is 11.7. The first kappa shape index (κ1) is 36.5. The number of rotatable bonds is 17. The summed E-state index contributed by atoms with van der Waals surface area (Å²) in [6, 6.07) is 1.25. The highest BCUT2D eigenvalue weighted by Crippen LogP contribution is 2.51. The van der Waals surface area contributed by atoms with Gasteiger partial charge in [0.05, 0.1) is 51.8 Å². The topological polar surface area (TPSA) is 281 Å². The number of carbonyl (C=O) groups excluding carboxylic acids is 1. The molecule has 11 atom stereocenters. The lowest BCUT2D eigenvalue weighted by Gasteiger charge is -2.45. The first-order valence-corrected chi connectivity index (χ1v) is 15.1. The number of nitrogen functional groups attached to an aromatic ring is 1. The molecule has 0 bridgehead atoms. The summed E-state index contributed by atoms with van der Waals surface area (Å²) >= 11 is 0. The molecule has 3 rings (SSSR count). The fourth-order valence-corrected chi connectivity index (χ4v) is 5.55. The molecule has 0 aliphatic carbocycles. The van der Waals surface area contributed by atoms with Gasteiger partial charge in [-0.3, -0.25) is 13.9 Å². The zero-order chi connectivity index (χ0) is 32.7. The quantitative estimate of drug-likeness (QED) is 0.0490. The Morgan fingerprint density at radius 1 is 1.20 bits per heavy atom. The maximum atomic E-state index is 12.9. The van der Waals surface area contributed by atoms with Crippen LogP contribution in [0.15, 0.2) is 17.1 Å². The predicted octanol–water partition coefficient (Wildman–Crippen LogP) is -3.34. The van der Waals surface area contributed by atoms with Gasteiger partial charge in [0.25, 0.3) is 0 Å². The Labute approximate surface area is 251 Å². The second-order valence-electron chi connectivity index (χ2n) is 10.3. The van der Waals surface area contributed by atoms with Crippen molar-refractivity contribution in [2.45, 2.75) is 68.1 Å². The van der Waals surface area contributed by atoms with Crippen molar-refractivity contribution in [3.05, 3.63) is 22.7 Å². The molecule has 1 aromatic rings. The first-order valence-electron chi connectivity index (χ1n) is 13.6. The fourth-order valence-electron chi connectivity index (χ4n) is 4.61. The summed E-state index contributed by atoms with van der Waals surface area (Å²) in [5.74, 6) is -3.57.